The van der Waals surface area contributed by atoms with Crippen LogP contribution in [0.4, 0.5) is 18.9 Å². The molecule has 2 aromatic rings. The number of nitro benzene ring substituents is 1. The van der Waals surface area contributed by atoms with Gasteiger partial charge in [0.1, 0.15) is 0 Å². The Hall–Kier alpha value is -2.90. The van der Waals surface area contributed by atoms with Crippen molar-refractivity contribution in [3.05, 3.63) is 69.3 Å². The molecule has 0 aliphatic carbocycles. The summed E-state index contributed by atoms with van der Waals surface area (Å²) in [5.74, 6) is 4.86. The number of halogens is 3. The highest BCUT2D eigenvalue weighted by molar-refractivity contribution is 7.89. The summed E-state index contributed by atoms with van der Waals surface area (Å²) in [6, 6.07) is 7.73. The zero-order chi connectivity index (χ0) is 20.2. The van der Waals surface area contributed by atoms with E-state index in [4.69, 9.17) is 0 Å². The first-order valence-corrected chi connectivity index (χ1v) is 8.90. The molecule has 0 saturated heterocycles. The third-order valence-electron chi connectivity index (χ3n) is 3.45. The van der Waals surface area contributed by atoms with Crippen LogP contribution in [-0.2, 0) is 16.2 Å². The van der Waals surface area contributed by atoms with E-state index in [0.29, 0.717) is 5.56 Å². The SMILES string of the molecule is Cc1ccc([N+](=O)[O-])cc1S(=O)(=O)NCC#Cc1cccc(C(F)(F)F)c1. The van der Waals surface area contributed by atoms with Gasteiger partial charge in [-0.05, 0) is 30.7 Å². The van der Waals surface area contributed by atoms with Crippen molar-refractivity contribution in [2.75, 3.05) is 6.54 Å². The number of nitro groups is 1. The molecule has 2 aromatic carbocycles. The van der Waals surface area contributed by atoms with Gasteiger partial charge >= 0.3 is 6.18 Å². The van der Waals surface area contributed by atoms with Gasteiger partial charge in [0.2, 0.25) is 10.0 Å². The zero-order valence-corrected chi connectivity index (χ0v) is 14.7. The van der Waals surface area contributed by atoms with Crippen LogP contribution in [0, 0.1) is 28.9 Å². The highest BCUT2D eigenvalue weighted by Gasteiger charge is 2.30. The minimum atomic E-state index is -4.50. The molecule has 10 heteroatoms. The van der Waals surface area contributed by atoms with Crippen LogP contribution in [0.1, 0.15) is 16.7 Å². The molecule has 0 heterocycles. The fraction of sp³-hybridized carbons (Fsp3) is 0.176. The second-order valence-electron chi connectivity index (χ2n) is 5.41. The Labute approximate surface area is 153 Å². The summed E-state index contributed by atoms with van der Waals surface area (Å²) in [6.45, 7) is 1.10. The van der Waals surface area contributed by atoms with Gasteiger partial charge < -0.3 is 0 Å². The van der Waals surface area contributed by atoms with E-state index in [1.165, 1.54) is 31.2 Å². The maximum Gasteiger partial charge on any atom is 0.416 e. The quantitative estimate of drug-likeness (QED) is 0.486. The van der Waals surface area contributed by atoms with Gasteiger partial charge in [0.15, 0.2) is 0 Å². The number of alkyl halides is 3. The molecule has 0 atom stereocenters. The zero-order valence-electron chi connectivity index (χ0n) is 13.9. The average Bonchev–Trinajstić information content (AvgIpc) is 2.58. The molecule has 0 saturated carbocycles. The molecule has 2 rings (SSSR count). The van der Waals surface area contributed by atoms with E-state index in [-0.39, 0.29) is 22.7 Å². The summed E-state index contributed by atoms with van der Waals surface area (Å²) in [6.07, 6.45) is -4.50. The van der Waals surface area contributed by atoms with E-state index in [1.807, 2.05) is 0 Å². The van der Waals surface area contributed by atoms with Crippen LogP contribution in [-0.4, -0.2) is 19.9 Å². The van der Waals surface area contributed by atoms with Gasteiger partial charge in [0.05, 0.1) is 21.9 Å². The second-order valence-corrected chi connectivity index (χ2v) is 7.15. The molecule has 0 fully saturated rings. The molecule has 1 N–H and O–H groups in total. The number of nitrogens with zero attached hydrogens (tertiary/aromatic N) is 1. The molecule has 0 aliphatic rings. The highest BCUT2D eigenvalue weighted by Crippen LogP contribution is 2.29. The molecule has 0 aliphatic heterocycles. The molecule has 0 radical (unpaired) electrons. The van der Waals surface area contributed by atoms with E-state index in [0.717, 1.165) is 18.2 Å². The van der Waals surface area contributed by atoms with Crippen LogP contribution in [0.5, 0.6) is 0 Å². The Morgan fingerprint density at radius 2 is 1.89 bits per heavy atom. The van der Waals surface area contributed by atoms with E-state index in [1.54, 1.807) is 0 Å². The van der Waals surface area contributed by atoms with Gasteiger partial charge in [-0.1, -0.05) is 24.0 Å². The predicted molar refractivity (Wildman–Crippen MR) is 91.3 cm³/mol. The molecule has 0 unspecified atom stereocenters. The Kier molecular flexibility index (Phi) is 5.88. The lowest BCUT2D eigenvalue weighted by Gasteiger charge is -2.07. The van der Waals surface area contributed by atoms with Crippen molar-refractivity contribution < 1.29 is 26.5 Å². The average molecular weight is 398 g/mol. The minimum absolute atomic E-state index is 0.0792. The number of aryl methyl sites for hydroxylation is 1. The third-order valence-corrected chi connectivity index (χ3v) is 4.99. The normalized spacial score (nSPS) is 11.6. The molecule has 6 nitrogen and oxygen atoms in total. The smallest absolute Gasteiger partial charge is 0.258 e. The highest BCUT2D eigenvalue weighted by atomic mass is 32.2. The van der Waals surface area contributed by atoms with Crippen molar-refractivity contribution in [3.8, 4) is 11.8 Å². The molecule has 0 amide bonds. The van der Waals surface area contributed by atoms with Crippen LogP contribution < -0.4 is 4.72 Å². The molecular weight excluding hydrogens is 385 g/mol. The van der Waals surface area contributed by atoms with Gasteiger partial charge in [-0.15, -0.1) is 0 Å². The van der Waals surface area contributed by atoms with Crippen molar-refractivity contribution in [1.82, 2.24) is 4.72 Å². The monoisotopic (exact) mass is 398 g/mol. The number of hydrogen-bond donors (Lipinski definition) is 1. The Morgan fingerprint density at radius 1 is 1.19 bits per heavy atom. The summed E-state index contributed by atoms with van der Waals surface area (Å²) >= 11 is 0. The Morgan fingerprint density at radius 3 is 2.52 bits per heavy atom. The van der Waals surface area contributed by atoms with E-state index in [9.17, 15) is 31.7 Å². The summed E-state index contributed by atoms with van der Waals surface area (Å²) in [4.78, 5) is 9.81. The topological polar surface area (TPSA) is 89.3 Å². The first-order valence-electron chi connectivity index (χ1n) is 7.41. The molecule has 0 bridgehead atoms. The lowest BCUT2D eigenvalue weighted by atomic mass is 10.1. The van der Waals surface area contributed by atoms with Crippen molar-refractivity contribution >= 4 is 15.7 Å². The molecule has 142 valence electrons. The number of nitrogens with one attached hydrogen (secondary N) is 1. The summed E-state index contributed by atoms with van der Waals surface area (Å²) < 4.78 is 64.6. The minimum Gasteiger partial charge on any atom is -0.258 e. The largest absolute Gasteiger partial charge is 0.416 e. The van der Waals surface area contributed by atoms with Crippen molar-refractivity contribution in [2.45, 2.75) is 18.0 Å². The lowest BCUT2D eigenvalue weighted by Crippen LogP contribution is -2.24. The van der Waals surface area contributed by atoms with Crippen molar-refractivity contribution in [1.29, 1.82) is 0 Å². The fourth-order valence-electron chi connectivity index (χ4n) is 2.12. The molecule has 27 heavy (non-hydrogen) atoms. The van der Waals surface area contributed by atoms with Crippen molar-refractivity contribution in [3.63, 3.8) is 0 Å². The Bertz CT molecular complexity index is 1040. The van der Waals surface area contributed by atoms with Crippen molar-refractivity contribution in [2.24, 2.45) is 0 Å². The molecule has 0 spiro atoms. The lowest BCUT2D eigenvalue weighted by molar-refractivity contribution is -0.385. The van der Waals surface area contributed by atoms with E-state index in [2.05, 4.69) is 16.6 Å². The van der Waals surface area contributed by atoms with Crippen LogP contribution in [0.25, 0.3) is 0 Å². The summed E-state index contributed by atoms with van der Waals surface area (Å²) in [5.41, 5.74) is -0.854. The van der Waals surface area contributed by atoms with Gasteiger partial charge in [-0.3, -0.25) is 10.1 Å². The van der Waals surface area contributed by atoms with Gasteiger partial charge in [0, 0.05) is 17.7 Å². The fourth-order valence-corrected chi connectivity index (χ4v) is 3.31. The van der Waals surface area contributed by atoms with Gasteiger partial charge in [-0.25, -0.2) is 8.42 Å². The number of benzene rings is 2. The van der Waals surface area contributed by atoms with E-state index >= 15 is 0 Å². The summed E-state index contributed by atoms with van der Waals surface area (Å²) in [7, 11) is -4.07. The second kappa shape index (κ2) is 7.77. The number of rotatable bonds is 4. The maximum atomic E-state index is 12.6. The number of sulfonamides is 1. The standard InChI is InChI=1S/C17H13F3N2O4S/c1-12-7-8-15(22(23)24)11-16(12)27(25,26)21-9-3-5-13-4-2-6-14(10-13)17(18,19)20/h2,4,6-8,10-11,21H,9H2,1H3. The van der Waals surface area contributed by atoms with E-state index < -0.39 is 26.7 Å². The van der Waals surface area contributed by atoms with Crippen LogP contribution in [0.3, 0.4) is 0 Å². The first kappa shape index (κ1) is 20.4. The van der Waals surface area contributed by atoms with Gasteiger partial charge in [0.25, 0.3) is 5.69 Å². The number of non-ortho nitro benzene ring substituents is 1. The third kappa shape index (κ3) is 5.29. The van der Waals surface area contributed by atoms with Gasteiger partial charge in [-0.2, -0.15) is 17.9 Å². The summed E-state index contributed by atoms with van der Waals surface area (Å²) in [5, 5.41) is 10.8. The molecule has 0 aromatic heterocycles. The van der Waals surface area contributed by atoms with Crippen LogP contribution in [0.2, 0.25) is 0 Å². The number of hydrogen-bond acceptors (Lipinski definition) is 4. The first-order chi connectivity index (χ1) is 12.5. The Balaban J connectivity index is 2.15. The maximum absolute atomic E-state index is 12.6. The molecular formula is C17H13F3N2O4S. The van der Waals surface area contributed by atoms with Crippen LogP contribution >= 0.6 is 0 Å². The predicted octanol–water partition coefficient (Wildman–Crippen LogP) is 3.25. The van der Waals surface area contributed by atoms with Crippen LogP contribution in [0.15, 0.2) is 47.4 Å².